The summed E-state index contributed by atoms with van der Waals surface area (Å²) in [6, 6.07) is 0. The van der Waals surface area contributed by atoms with Gasteiger partial charge in [-0.1, -0.05) is 11.8 Å². The number of carbonyl (C=O) groups excluding carboxylic acids is 1. The van der Waals surface area contributed by atoms with Crippen molar-refractivity contribution in [2.45, 2.75) is 30.3 Å². The Labute approximate surface area is 129 Å². The zero-order valence-electron chi connectivity index (χ0n) is 12.5. The summed E-state index contributed by atoms with van der Waals surface area (Å²) < 4.78 is 9.31. The average molecular weight is 324 g/mol. The summed E-state index contributed by atoms with van der Waals surface area (Å²) >= 11 is 1.27. The lowest BCUT2D eigenvalue weighted by atomic mass is 10.3. The minimum absolute atomic E-state index is 0.247. The number of imidazole rings is 1. The van der Waals surface area contributed by atoms with Crippen LogP contribution in [0.4, 0.5) is 0 Å². The Hall–Kier alpha value is -2.03. The first-order valence-corrected chi connectivity index (χ1v) is 7.83. The molecule has 3 rings (SSSR count). The maximum absolute atomic E-state index is 12.2. The molecule has 118 valence electrons. The van der Waals surface area contributed by atoms with Gasteiger partial charge >= 0.3 is 11.7 Å². The number of nitrogens with zero attached hydrogens (tertiary/aromatic N) is 4. The van der Waals surface area contributed by atoms with E-state index < -0.39 is 11.2 Å². The Balaban J connectivity index is 2.14. The molecule has 22 heavy (non-hydrogen) atoms. The Bertz CT molecular complexity index is 879. The van der Waals surface area contributed by atoms with Crippen LogP contribution in [0.25, 0.3) is 11.2 Å². The Morgan fingerprint density at radius 2 is 2.09 bits per heavy atom. The van der Waals surface area contributed by atoms with Crippen molar-refractivity contribution in [3.8, 4) is 0 Å². The van der Waals surface area contributed by atoms with Gasteiger partial charge in [-0.25, -0.2) is 9.78 Å². The van der Waals surface area contributed by atoms with E-state index in [1.54, 1.807) is 14.0 Å². The quantitative estimate of drug-likeness (QED) is 0.715. The van der Waals surface area contributed by atoms with Gasteiger partial charge in [-0.05, 0) is 13.3 Å². The van der Waals surface area contributed by atoms with Crippen molar-refractivity contribution in [3.63, 3.8) is 0 Å². The van der Waals surface area contributed by atoms with Gasteiger partial charge < -0.3 is 9.30 Å². The number of thioether (sulfide) groups is 1. The van der Waals surface area contributed by atoms with Gasteiger partial charge in [-0.2, -0.15) is 0 Å². The molecular formula is C13H16N4O4S. The third kappa shape index (κ3) is 2.07. The average Bonchev–Trinajstić information content (AvgIpc) is 2.89. The number of fused-ring (bicyclic) bond motifs is 3. The maximum Gasteiger partial charge on any atom is 0.332 e. The predicted molar refractivity (Wildman–Crippen MR) is 81.1 cm³/mol. The molecule has 1 aliphatic rings. The second-order valence-corrected chi connectivity index (χ2v) is 6.24. The second-order valence-electron chi connectivity index (χ2n) is 5.07. The lowest BCUT2D eigenvalue weighted by Crippen LogP contribution is -2.37. The van der Waals surface area contributed by atoms with Gasteiger partial charge in [0.15, 0.2) is 16.3 Å². The van der Waals surface area contributed by atoms with Crippen LogP contribution in [0, 0.1) is 0 Å². The van der Waals surface area contributed by atoms with Gasteiger partial charge in [0.1, 0.15) is 5.25 Å². The first-order chi connectivity index (χ1) is 10.5. The lowest BCUT2D eigenvalue weighted by molar-refractivity contribution is -0.142. The molecule has 0 fully saturated rings. The van der Waals surface area contributed by atoms with Crippen molar-refractivity contribution in [2.75, 3.05) is 6.61 Å². The molecule has 0 saturated carbocycles. The molecule has 0 bridgehead atoms. The molecule has 0 amide bonds. The number of aryl methyl sites for hydroxylation is 2. The van der Waals surface area contributed by atoms with E-state index in [0.717, 1.165) is 4.57 Å². The zero-order chi connectivity index (χ0) is 16.0. The molecule has 1 atom stereocenters. The van der Waals surface area contributed by atoms with Crippen molar-refractivity contribution in [2.24, 2.45) is 14.1 Å². The van der Waals surface area contributed by atoms with Crippen LogP contribution in [0.5, 0.6) is 0 Å². The summed E-state index contributed by atoms with van der Waals surface area (Å²) in [5.41, 5.74) is -0.0690. The van der Waals surface area contributed by atoms with Crippen LogP contribution in [0.2, 0.25) is 0 Å². The minimum Gasteiger partial charge on any atom is -0.465 e. The molecule has 9 heteroatoms. The van der Waals surface area contributed by atoms with Gasteiger partial charge in [-0.15, -0.1) is 0 Å². The zero-order valence-corrected chi connectivity index (χ0v) is 13.3. The van der Waals surface area contributed by atoms with E-state index >= 15 is 0 Å². The lowest BCUT2D eigenvalue weighted by Gasteiger charge is -2.21. The molecule has 8 nitrogen and oxygen atoms in total. The number of hydrogen-bond acceptors (Lipinski definition) is 6. The molecule has 0 spiro atoms. The minimum atomic E-state index is -0.423. The summed E-state index contributed by atoms with van der Waals surface area (Å²) in [4.78, 5) is 40.5. The van der Waals surface area contributed by atoms with Crippen LogP contribution in [0.15, 0.2) is 14.7 Å². The number of rotatable bonds is 2. The van der Waals surface area contributed by atoms with E-state index in [9.17, 15) is 14.4 Å². The predicted octanol–water partition coefficient (Wildman–Crippen LogP) is -0.139. The van der Waals surface area contributed by atoms with E-state index in [2.05, 4.69) is 4.98 Å². The Kier molecular flexibility index (Phi) is 3.59. The monoisotopic (exact) mass is 324 g/mol. The highest BCUT2D eigenvalue weighted by atomic mass is 32.2. The summed E-state index contributed by atoms with van der Waals surface area (Å²) in [6.07, 6.45) is 0.575. The fraction of sp³-hybridized carbons (Fsp3) is 0.538. The maximum atomic E-state index is 12.2. The van der Waals surface area contributed by atoms with E-state index in [0.29, 0.717) is 30.4 Å². The number of esters is 1. The van der Waals surface area contributed by atoms with Crippen LogP contribution < -0.4 is 11.2 Å². The molecule has 0 aliphatic carbocycles. The van der Waals surface area contributed by atoms with Crippen LogP contribution >= 0.6 is 11.8 Å². The summed E-state index contributed by atoms with van der Waals surface area (Å²) in [6.45, 7) is 2.62. The van der Waals surface area contributed by atoms with Gasteiger partial charge in [-0.3, -0.25) is 18.7 Å². The number of ether oxygens (including phenoxy) is 1. The van der Waals surface area contributed by atoms with Gasteiger partial charge in [0, 0.05) is 20.6 Å². The molecule has 2 aromatic heterocycles. The fourth-order valence-corrected chi connectivity index (χ4v) is 3.69. The highest BCUT2D eigenvalue weighted by Gasteiger charge is 2.30. The molecular weight excluding hydrogens is 308 g/mol. The third-order valence-electron chi connectivity index (χ3n) is 3.72. The van der Waals surface area contributed by atoms with E-state index in [1.807, 2.05) is 4.57 Å². The number of hydrogen-bond donors (Lipinski definition) is 0. The second kappa shape index (κ2) is 5.31. The smallest absolute Gasteiger partial charge is 0.332 e. The van der Waals surface area contributed by atoms with Crippen molar-refractivity contribution >= 4 is 28.9 Å². The molecule has 3 heterocycles. The molecule has 0 unspecified atom stereocenters. The van der Waals surface area contributed by atoms with Gasteiger partial charge in [0.25, 0.3) is 5.56 Å². The fourth-order valence-electron chi connectivity index (χ4n) is 2.59. The summed E-state index contributed by atoms with van der Waals surface area (Å²) in [5.74, 6) is -0.271. The molecule has 0 N–H and O–H groups in total. The van der Waals surface area contributed by atoms with Crippen LogP contribution in [-0.4, -0.2) is 36.5 Å². The molecule has 1 aliphatic heterocycles. The normalized spacial score (nSPS) is 17.5. The third-order valence-corrected chi connectivity index (χ3v) is 4.95. The highest BCUT2D eigenvalue weighted by Crippen LogP contribution is 2.33. The number of carbonyl (C=O) groups is 1. The Morgan fingerprint density at radius 1 is 1.36 bits per heavy atom. The van der Waals surface area contributed by atoms with Crippen molar-refractivity contribution in [1.29, 1.82) is 0 Å². The van der Waals surface area contributed by atoms with Crippen molar-refractivity contribution in [1.82, 2.24) is 18.7 Å². The van der Waals surface area contributed by atoms with Gasteiger partial charge in [0.2, 0.25) is 0 Å². The molecule has 0 radical (unpaired) electrons. The summed E-state index contributed by atoms with van der Waals surface area (Å²) in [5, 5.41) is 0.239. The van der Waals surface area contributed by atoms with E-state index in [-0.39, 0.29) is 16.7 Å². The topological polar surface area (TPSA) is 88.1 Å². The first-order valence-electron chi connectivity index (χ1n) is 6.95. The van der Waals surface area contributed by atoms with E-state index in [4.69, 9.17) is 4.74 Å². The SMILES string of the molecule is CCOC(=O)[C@H]1CCn2c(nc3c(=O)n(C)c(=O)n(C)c32)S1. The molecule has 0 aromatic carbocycles. The molecule has 0 saturated heterocycles. The van der Waals surface area contributed by atoms with Crippen molar-refractivity contribution < 1.29 is 9.53 Å². The van der Waals surface area contributed by atoms with Crippen LogP contribution in [-0.2, 0) is 30.2 Å². The number of aromatic nitrogens is 4. The van der Waals surface area contributed by atoms with Crippen molar-refractivity contribution in [3.05, 3.63) is 20.8 Å². The standard InChI is InChI=1S/C13H16N4O4S/c1-4-21-11(19)7-5-6-17-9-8(14-12(17)22-7)10(18)16(3)13(20)15(9)2/h7H,4-6H2,1-3H3/t7-/m1/s1. The summed E-state index contributed by atoms with van der Waals surface area (Å²) in [7, 11) is 3.04. The van der Waals surface area contributed by atoms with E-state index in [1.165, 1.54) is 23.4 Å². The van der Waals surface area contributed by atoms with Crippen LogP contribution in [0.3, 0.4) is 0 Å². The first kappa shape index (κ1) is 14.9. The Morgan fingerprint density at radius 3 is 2.77 bits per heavy atom. The highest BCUT2D eigenvalue weighted by molar-refractivity contribution is 8.00. The molecule has 2 aromatic rings. The van der Waals surface area contributed by atoms with Crippen LogP contribution in [0.1, 0.15) is 13.3 Å². The largest absolute Gasteiger partial charge is 0.465 e. The van der Waals surface area contributed by atoms with Gasteiger partial charge in [0.05, 0.1) is 6.61 Å².